The van der Waals surface area contributed by atoms with Crippen molar-refractivity contribution < 1.29 is 4.74 Å². The number of hydrogen-bond donors (Lipinski definition) is 2. The zero-order valence-electron chi connectivity index (χ0n) is 14.1. The average molecular weight is 335 g/mol. The van der Waals surface area contributed by atoms with Gasteiger partial charge in [-0.05, 0) is 42.2 Å². The Morgan fingerprint density at radius 1 is 1.28 bits per heavy atom. The number of nitrogens with one attached hydrogen (secondary N) is 2. The largest absolute Gasteiger partial charge is 0.497 e. The predicted octanol–water partition coefficient (Wildman–Crippen LogP) is 2.62. The van der Waals surface area contributed by atoms with Crippen LogP contribution in [-0.2, 0) is 5.41 Å². The van der Waals surface area contributed by atoms with Gasteiger partial charge in [0.15, 0.2) is 0 Å². The molecule has 0 aliphatic heterocycles. The second-order valence-corrected chi connectivity index (χ2v) is 6.48. The highest BCUT2D eigenvalue weighted by molar-refractivity contribution is 5.38. The molecule has 1 aliphatic rings. The Morgan fingerprint density at radius 3 is 2.88 bits per heavy atom. The SMILES string of the molecule is COc1cccc(C2(CNC(c3cccnc3)c3ncn[nH]3)CC2)c1. The van der Waals surface area contributed by atoms with Gasteiger partial charge in [-0.1, -0.05) is 18.2 Å². The van der Waals surface area contributed by atoms with Gasteiger partial charge in [0.05, 0.1) is 13.2 Å². The lowest BCUT2D eigenvalue weighted by Gasteiger charge is -2.22. The van der Waals surface area contributed by atoms with Crippen LogP contribution in [0.4, 0.5) is 0 Å². The molecule has 6 heteroatoms. The highest BCUT2D eigenvalue weighted by Crippen LogP contribution is 2.48. The maximum absolute atomic E-state index is 5.38. The van der Waals surface area contributed by atoms with E-state index in [4.69, 9.17) is 4.74 Å². The van der Waals surface area contributed by atoms with Gasteiger partial charge in [-0.25, -0.2) is 4.98 Å². The third-order valence-electron chi connectivity index (χ3n) is 4.91. The molecule has 1 atom stereocenters. The van der Waals surface area contributed by atoms with Gasteiger partial charge in [0.2, 0.25) is 0 Å². The Kier molecular flexibility index (Phi) is 4.19. The summed E-state index contributed by atoms with van der Waals surface area (Å²) in [5.41, 5.74) is 2.55. The number of H-pyrrole nitrogens is 1. The minimum atomic E-state index is -0.0562. The number of rotatable bonds is 7. The van der Waals surface area contributed by atoms with Gasteiger partial charge in [-0.15, -0.1) is 0 Å². The van der Waals surface area contributed by atoms with Crippen molar-refractivity contribution in [3.05, 3.63) is 72.1 Å². The Morgan fingerprint density at radius 2 is 2.20 bits per heavy atom. The summed E-state index contributed by atoms with van der Waals surface area (Å²) in [6, 6.07) is 12.3. The topological polar surface area (TPSA) is 75.7 Å². The third-order valence-corrected chi connectivity index (χ3v) is 4.91. The van der Waals surface area contributed by atoms with Gasteiger partial charge in [0.25, 0.3) is 0 Å². The highest BCUT2D eigenvalue weighted by atomic mass is 16.5. The number of ether oxygens (including phenoxy) is 1. The minimum absolute atomic E-state index is 0.0562. The monoisotopic (exact) mass is 335 g/mol. The lowest BCUT2D eigenvalue weighted by Crippen LogP contribution is -2.32. The normalized spacial score (nSPS) is 16.4. The second kappa shape index (κ2) is 6.64. The lowest BCUT2D eigenvalue weighted by atomic mass is 9.95. The summed E-state index contributed by atoms with van der Waals surface area (Å²) in [6.45, 7) is 0.862. The molecule has 0 spiro atoms. The van der Waals surface area contributed by atoms with Crippen LogP contribution >= 0.6 is 0 Å². The Balaban J connectivity index is 1.55. The van der Waals surface area contributed by atoms with Gasteiger partial charge >= 0.3 is 0 Å². The molecule has 1 unspecified atom stereocenters. The molecule has 0 saturated heterocycles. The fourth-order valence-corrected chi connectivity index (χ4v) is 3.24. The average Bonchev–Trinajstić information content (AvgIpc) is 3.28. The molecular weight excluding hydrogens is 314 g/mol. The number of benzene rings is 1. The molecule has 2 N–H and O–H groups in total. The molecule has 1 fully saturated rings. The van der Waals surface area contributed by atoms with E-state index in [1.807, 2.05) is 18.3 Å². The van der Waals surface area contributed by atoms with E-state index in [9.17, 15) is 0 Å². The maximum Gasteiger partial charge on any atom is 0.146 e. The molecule has 2 aromatic heterocycles. The summed E-state index contributed by atoms with van der Waals surface area (Å²) in [5, 5.41) is 10.6. The van der Waals surface area contributed by atoms with E-state index >= 15 is 0 Å². The predicted molar refractivity (Wildman–Crippen MR) is 94.4 cm³/mol. The molecule has 128 valence electrons. The molecular formula is C19H21N5O. The van der Waals surface area contributed by atoms with Crippen LogP contribution in [-0.4, -0.2) is 33.8 Å². The number of hydrogen-bond acceptors (Lipinski definition) is 5. The zero-order chi connectivity index (χ0) is 17.1. The molecule has 2 heterocycles. The minimum Gasteiger partial charge on any atom is -0.497 e. The van der Waals surface area contributed by atoms with Crippen molar-refractivity contribution in [2.75, 3.05) is 13.7 Å². The standard InChI is InChI=1S/C19H21N5O/c1-25-16-6-2-5-15(10-16)19(7-8-19)12-21-17(18-22-13-23-24-18)14-4-3-9-20-11-14/h2-6,9-11,13,17,21H,7-8,12H2,1H3,(H,22,23,24). The van der Waals surface area contributed by atoms with E-state index in [-0.39, 0.29) is 11.5 Å². The molecule has 3 aromatic rings. The summed E-state index contributed by atoms with van der Waals surface area (Å²) in [7, 11) is 1.71. The first-order valence-electron chi connectivity index (χ1n) is 8.44. The van der Waals surface area contributed by atoms with Crippen molar-refractivity contribution in [1.82, 2.24) is 25.5 Å². The first-order chi connectivity index (χ1) is 12.3. The van der Waals surface area contributed by atoms with Crippen LogP contribution in [0.15, 0.2) is 55.1 Å². The van der Waals surface area contributed by atoms with Gasteiger partial charge in [0.1, 0.15) is 17.9 Å². The summed E-state index contributed by atoms with van der Waals surface area (Å²) in [6.07, 6.45) is 7.52. The molecule has 0 radical (unpaired) electrons. The van der Waals surface area contributed by atoms with E-state index in [0.29, 0.717) is 0 Å². The summed E-state index contributed by atoms with van der Waals surface area (Å²) >= 11 is 0. The zero-order valence-corrected chi connectivity index (χ0v) is 14.1. The summed E-state index contributed by atoms with van der Waals surface area (Å²) in [4.78, 5) is 8.57. The van der Waals surface area contributed by atoms with Gasteiger partial charge in [0, 0.05) is 24.4 Å². The number of methoxy groups -OCH3 is 1. The van der Waals surface area contributed by atoms with Crippen LogP contribution < -0.4 is 10.1 Å². The van der Waals surface area contributed by atoms with Crippen molar-refractivity contribution in [2.24, 2.45) is 0 Å². The number of aromatic amines is 1. The molecule has 4 rings (SSSR count). The van der Waals surface area contributed by atoms with Gasteiger partial charge in [-0.2, -0.15) is 5.10 Å². The molecule has 0 bridgehead atoms. The molecule has 0 amide bonds. The number of pyridine rings is 1. The van der Waals surface area contributed by atoms with Crippen LogP contribution in [0, 0.1) is 0 Å². The first kappa shape index (κ1) is 15.8. The van der Waals surface area contributed by atoms with Crippen LogP contribution in [0.5, 0.6) is 5.75 Å². The van der Waals surface area contributed by atoms with Gasteiger partial charge < -0.3 is 10.1 Å². The fourth-order valence-electron chi connectivity index (χ4n) is 3.24. The van der Waals surface area contributed by atoms with Crippen molar-refractivity contribution in [3.8, 4) is 5.75 Å². The summed E-state index contributed by atoms with van der Waals surface area (Å²) in [5.74, 6) is 1.71. The van der Waals surface area contributed by atoms with Gasteiger partial charge in [-0.3, -0.25) is 10.1 Å². The summed E-state index contributed by atoms with van der Waals surface area (Å²) < 4.78 is 5.38. The quantitative estimate of drug-likeness (QED) is 0.694. The van der Waals surface area contributed by atoms with Crippen LogP contribution in [0.25, 0.3) is 0 Å². The fraction of sp³-hybridized carbons (Fsp3) is 0.316. The molecule has 1 aliphatic carbocycles. The van der Waals surface area contributed by atoms with Crippen molar-refractivity contribution in [3.63, 3.8) is 0 Å². The maximum atomic E-state index is 5.38. The number of aromatic nitrogens is 4. The Labute approximate surface area is 146 Å². The first-order valence-corrected chi connectivity index (χ1v) is 8.44. The number of nitrogens with zero attached hydrogens (tertiary/aromatic N) is 3. The van der Waals surface area contributed by atoms with E-state index in [2.05, 4.69) is 49.7 Å². The van der Waals surface area contributed by atoms with Crippen LogP contribution in [0.3, 0.4) is 0 Å². The molecule has 1 saturated carbocycles. The van der Waals surface area contributed by atoms with E-state index in [1.165, 1.54) is 24.7 Å². The van der Waals surface area contributed by atoms with Crippen molar-refractivity contribution in [1.29, 1.82) is 0 Å². The molecule has 1 aromatic carbocycles. The van der Waals surface area contributed by atoms with E-state index < -0.39 is 0 Å². The molecule has 6 nitrogen and oxygen atoms in total. The van der Waals surface area contributed by atoms with Crippen LogP contribution in [0.1, 0.15) is 35.8 Å². The third kappa shape index (κ3) is 3.25. The van der Waals surface area contributed by atoms with Crippen molar-refractivity contribution >= 4 is 0 Å². The smallest absolute Gasteiger partial charge is 0.146 e. The Hall–Kier alpha value is -2.73. The molecule has 25 heavy (non-hydrogen) atoms. The van der Waals surface area contributed by atoms with Crippen LogP contribution in [0.2, 0.25) is 0 Å². The lowest BCUT2D eigenvalue weighted by molar-refractivity contribution is 0.413. The van der Waals surface area contributed by atoms with E-state index in [0.717, 1.165) is 23.7 Å². The highest BCUT2D eigenvalue weighted by Gasteiger charge is 2.44. The second-order valence-electron chi connectivity index (χ2n) is 6.48. The van der Waals surface area contributed by atoms with E-state index in [1.54, 1.807) is 13.3 Å². The van der Waals surface area contributed by atoms with Crippen molar-refractivity contribution in [2.45, 2.75) is 24.3 Å². The Bertz CT molecular complexity index is 815.